The molecule has 18 heavy (non-hydrogen) atoms. The van der Waals surface area contributed by atoms with E-state index in [1.807, 2.05) is 6.92 Å². The maximum absolute atomic E-state index is 11.4. The fourth-order valence-corrected chi connectivity index (χ4v) is 3.07. The van der Waals surface area contributed by atoms with Crippen molar-refractivity contribution in [3.63, 3.8) is 0 Å². The minimum absolute atomic E-state index is 0.0215. The molecule has 4 nitrogen and oxygen atoms in total. The van der Waals surface area contributed by atoms with Crippen LogP contribution in [0.15, 0.2) is 0 Å². The third kappa shape index (κ3) is 3.95. The smallest absolute Gasteiger partial charge is 0.306 e. The van der Waals surface area contributed by atoms with Crippen LogP contribution in [0.1, 0.15) is 45.4 Å². The largest absolute Gasteiger partial charge is 0.466 e. The molecule has 0 bridgehead atoms. The average Bonchev–Trinajstić information content (AvgIpc) is 2.41. The molecule has 4 heteroatoms. The molecule has 2 aliphatic rings. The lowest BCUT2D eigenvalue weighted by atomic mass is 9.92. The normalized spacial score (nSPS) is 27.1. The van der Waals surface area contributed by atoms with Crippen molar-refractivity contribution >= 4 is 5.97 Å². The van der Waals surface area contributed by atoms with E-state index in [-0.39, 0.29) is 5.97 Å². The second kappa shape index (κ2) is 7.10. The second-order valence-corrected chi connectivity index (χ2v) is 5.45. The number of hydrogen-bond acceptors (Lipinski definition) is 4. The van der Waals surface area contributed by atoms with Gasteiger partial charge in [-0.3, -0.25) is 9.69 Å². The van der Waals surface area contributed by atoms with Crippen molar-refractivity contribution < 1.29 is 9.53 Å². The van der Waals surface area contributed by atoms with Crippen LogP contribution in [-0.4, -0.2) is 43.3 Å². The van der Waals surface area contributed by atoms with Gasteiger partial charge < -0.3 is 10.1 Å². The van der Waals surface area contributed by atoms with Crippen molar-refractivity contribution in [1.82, 2.24) is 10.2 Å². The highest BCUT2D eigenvalue weighted by Crippen LogP contribution is 2.24. The van der Waals surface area contributed by atoms with Crippen LogP contribution in [0.5, 0.6) is 0 Å². The number of hydrogen-bond donors (Lipinski definition) is 1. The van der Waals surface area contributed by atoms with Gasteiger partial charge in [0.2, 0.25) is 0 Å². The number of carbonyl (C=O) groups excluding carboxylic acids is 1. The predicted octanol–water partition coefficient (Wildman–Crippen LogP) is 1.75. The van der Waals surface area contributed by atoms with Crippen LogP contribution in [0.25, 0.3) is 0 Å². The summed E-state index contributed by atoms with van der Waals surface area (Å²) >= 11 is 0. The Morgan fingerprint density at radius 1 is 1.28 bits per heavy atom. The Balaban J connectivity index is 1.69. The molecule has 1 N–H and O–H groups in total. The molecule has 1 atom stereocenters. The van der Waals surface area contributed by atoms with Crippen LogP contribution in [0.4, 0.5) is 0 Å². The first-order valence-electron chi connectivity index (χ1n) is 7.42. The van der Waals surface area contributed by atoms with Gasteiger partial charge in [0.25, 0.3) is 0 Å². The van der Waals surface area contributed by atoms with Crippen molar-refractivity contribution in [2.24, 2.45) is 5.92 Å². The Hall–Kier alpha value is -0.610. The first-order chi connectivity index (χ1) is 8.79. The number of nitrogens with zero attached hydrogens (tertiary/aromatic N) is 1. The van der Waals surface area contributed by atoms with Gasteiger partial charge in [0, 0.05) is 6.42 Å². The molecule has 2 heterocycles. The van der Waals surface area contributed by atoms with Crippen LogP contribution >= 0.6 is 0 Å². The molecule has 0 saturated carbocycles. The van der Waals surface area contributed by atoms with Crippen molar-refractivity contribution in [3.8, 4) is 0 Å². The lowest BCUT2D eigenvalue weighted by molar-refractivity contribution is -0.144. The summed E-state index contributed by atoms with van der Waals surface area (Å²) in [5.74, 6) is 0.510. The fourth-order valence-electron chi connectivity index (χ4n) is 3.07. The van der Waals surface area contributed by atoms with E-state index in [9.17, 15) is 4.79 Å². The molecule has 2 rings (SSSR count). The van der Waals surface area contributed by atoms with Gasteiger partial charge in [-0.05, 0) is 64.6 Å². The monoisotopic (exact) mass is 254 g/mol. The molecular weight excluding hydrogens is 228 g/mol. The summed E-state index contributed by atoms with van der Waals surface area (Å²) in [7, 11) is 0. The molecule has 0 radical (unpaired) electrons. The summed E-state index contributed by atoms with van der Waals surface area (Å²) in [6.07, 6.45) is 7.41. The zero-order valence-electron chi connectivity index (χ0n) is 11.5. The summed E-state index contributed by atoms with van der Waals surface area (Å²) in [5.41, 5.74) is 0. The van der Waals surface area contributed by atoms with E-state index in [1.54, 1.807) is 0 Å². The van der Waals surface area contributed by atoms with Gasteiger partial charge in [0.1, 0.15) is 0 Å². The number of likely N-dealkylation sites (tertiary alicyclic amines) is 1. The van der Waals surface area contributed by atoms with E-state index in [0.29, 0.717) is 25.1 Å². The molecule has 2 saturated heterocycles. The summed E-state index contributed by atoms with van der Waals surface area (Å²) in [6.45, 7) is 5.79. The Labute approximate surface area is 110 Å². The van der Waals surface area contributed by atoms with Crippen molar-refractivity contribution in [2.75, 3.05) is 26.2 Å². The lowest BCUT2D eigenvalue weighted by Crippen LogP contribution is -2.51. The van der Waals surface area contributed by atoms with E-state index in [1.165, 1.54) is 19.3 Å². The summed E-state index contributed by atoms with van der Waals surface area (Å²) < 4.78 is 5.02. The maximum Gasteiger partial charge on any atom is 0.306 e. The zero-order valence-corrected chi connectivity index (χ0v) is 11.5. The Bertz CT molecular complexity index is 257. The number of piperidine rings is 2. The minimum Gasteiger partial charge on any atom is -0.466 e. The quantitative estimate of drug-likeness (QED) is 0.776. The number of ether oxygens (including phenoxy) is 1. The molecule has 0 spiro atoms. The van der Waals surface area contributed by atoms with Gasteiger partial charge in [0.05, 0.1) is 12.8 Å². The summed E-state index contributed by atoms with van der Waals surface area (Å²) in [6, 6.07) is 0. The first kappa shape index (κ1) is 13.8. The molecule has 1 unspecified atom stereocenters. The van der Waals surface area contributed by atoms with E-state index in [4.69, 9.17) is 4.74 Å². The van der Waals surface area contributed by atoms with Gasteiger partial charge >= 0.3 is 5.97 Å². The Morgan fingerprint density at radius 3 is 2.67 bits per heavy atom. The highest BCUT2D eigenvalue weighted by atomic mass is 16.5. The number of esters is 1. The first-order valence-corrected chi connectivity index (χ1v) is 7.42. The van der Waals surface area contributed by atoms with Gasteiger partial charge in [-0.1, -0.05) is 0 Å². The van der Waals surface area contributed by atoms with Gasteiger partial charge in [0.15, 0.2) is 0 Å². The maximum atomic E-state index is 11.4. The predicted molar refractivity (Wildman–Crippen MR) is 71.2 cm³/mol. The standard InChI is InChI=1S/C14H26N2O2/c1-2-18-14(17)11-12-6-9-16(10-7-12)13-5-3-4-8-15-13/h12-13,15H,2-11H2,1H3. The third-order valence-electron chi connectivity index (χ3n) is 4.13. The number of nitrogens with one attached hydrogen (secondary N) is 1. The summed E-state index contributed by atoms with van der Waals surface area (Å²) in [4.78, 5) is 14.0. The van der Waals surface area contributed by atoms with Crippen molar-refractivity contribution in [2.45, 2.75) is 51.6 Å². The fraction of sp³-hybridized carbons (Fsp3) is 0.929. The van der Waals surface area contributed by atoms with E-state index < -0.39 is 0 Å². The molecule has 0 aliphatic carbocycles. The van der Waals surface area contributed by atoms with Crippen LogP contribution in [0, 0.1) is 5.92 Å². The van der Waals surface area contributed by atoms with Gasteiger partial charge in [-0.15, -0.1) is 0 Å². The SMILES string of the molecule is CCOC(=O)CC1CCN(C2CCCCN2)CC1. The van der Waals surface area contributed by atoms with Crippen LogP contribution in [0.2, 0.25) is 0 Å². The Kier molecular flexibility index (Phi) is 5.45. The Morgan fingerprint density at radius 2 is 2.06 bits per heavy atom. The highest BCUT2D eigenvalue weighted by Gasteiger charge is 2.27. The molecule has 0 aromatic heterocycles. The van der Waals surface area contributed by atoms with Gasteiger partial charge in [-0.25, -0.2) is 0 Å². The molecule has 0 aromatic rings. The molecule has 0 amide bonds. The van der Waals surface area contributed by atoms with E-state index in [2.05, 4.69) is 10.2 Å². The third-order valence-corrected chi connectivity index (χ3v) is 4.13. The molecule has 2 aliphatic heterocycles. The molecule has 2 fully saturated rings. The number of rotatable bonds is 4. The molecule has 104 valence electrons. The molecular formula is C14H26N2O2. The minimum atomic E-state index is -0.0215. The second-order valence-electron chi connectivity index (χ2n) is 5.45. The topological polar surface area (TPSA) is 41.6 Å². The van der Waals surface area contributed by atoms with Crippen molar-refractivity contribution in [3.05, 3.63) is 0 Å². The molecule has 0 aromatic carbocycles. The van der Waals surface area contributed by atoms with E-state index >= 15 is 0 Å². The van der Waals surface area contributed by atoms with E-state index in [0.717, 1.165) is 32.5 Å². The summed E-state index contributed by atoms with van der Waals surface area (Å²) in [5, 5.41) is 3.60. The van der Waals surface area contributed by atoms with Crippen molar-refractivity contribution in [1.29, 1.82) is 0 Å². The zero-order chi connectivity index (χ0) is 12.8. The van der Waals surface area contributed by atoms with Gasteiger partial charge in [-0.2, -0.15) is 0 Å². The van der Waals surface area contributed by atoms with Crippen LogP contribution < -0.4 is 5.32 Å². The number of carbonyl (C=O) groups is 1. The average molecular weight is 254 g/mol. The highest BCUT2D eigenvalue weighted by molar-refractivity contribution is 5.69. The lowest BCUT2D eigenvalue weighted by Gasteiger charge is -2.39. The van der Waals surface area contributed by atoms with Crippen LogP contribution in [-0.2, 0) is 9.53 Å². The van der Waals surface area contributed by atoms with Crippen LogP contribution in [0.3, 0.4) is 0 Å².